The van der Waals surface area contributed by atoms with Crippen LogP contribution in [0.1, 0.15) is 27.6 Å². The number of rotatable bonds is 4. The lowest BCUT2D eigenvalue weighted by atomic mass is 10.2. The molecule has 26 heavy (non-hydrogen) atoms. The molecule has 4 rings (SSSR count). The third kappa shape index (κ3) is 2.81. The van der Waals surface area contributed by atoms with Crippen LogP contribution in [0.3, 0.4) is 0 Å². The number of benzene rings is 1. The van der Waals surface area contributed by atoms with Crippen molar-refractivity contribution in [2.45, 2.75) is 20.4 Å². The summed E-state index contributed by atoms with van der Waals surface area (Å²) >= 11 is 0. The molecule has 0 spiro atoms. The number of pyridine rings is 1. The average Bonchev–Trinajstić information content (AvgIpc) is 3.25. The lowest BCUT2D eigenvalue weighted by Gasteiger charge is -2.07. The monoisotopic (exact) mass is 348 g/mol. The van der Waals surface area contributed by atoms with E-state index in [-0.39, 0.29) is 18.1 Å². The molecule has 0 radical (unpaired) electrons. The van der Waals surface area contributed by atoms with E-state index >= 15 is 0 Å². The van der Waals surface area contributed by atoms with E-state index in [1.54, 1.807) is 23.9 Å². The number of hydrogen-bond donors (Lipinski definition) is 1. The summed E-state index contributed by atoms with van der Waals surface area (Å²) in [6, 6.07) is 11.4. The van der Waals surface area contributed by atoms with Gasteiger partial charge in [-0.25, -0.2) is 4.68 Å². The highest BCUT2D eigenvalue weighted by Gasteiger charge is 2.19. The molecular weight excluding hydrogens is 332 g/mol. The predicted molar refractivity (Wildman–Crippen MR) is 93.8 cm³/mol. The van der Waals surface area contributed by atoms with Gasteiger partial charge in [-0.2, -0.15) is 0 Å². The fraction of sp³-hybridized carbons (Fsp3) is 0.167. The number of fused-ring (bicyclic) bond motifs is 1. The quantitative estimate of drug-likeness (QED) is 0.608. The van der Waals surface area contributed by atoms with Gasteiger partial charge in [0.25, 0.3) is 5.91 Å². The number of amides is 1. The van der Waals surface area contributed by atoms with Gasteiger partial charge in [0.05, 0.1) is 29.1 Å². The van der Waals surface area contributed by atoms with Gasteiger partial charge in [-0.05, 0) is 26.0 Å². The summed E-state index contributed by atoms with van der Waals surface area (Å²) in [4.78, 5) is 16.9. The Balaban J connectivity index is 1.62. The van der Waals surface area contributed by atoms with E-state index in [0.29, 0.717) is 11.5 Å². The second-order valence-corrected chi connectivity index (χ2v) is 5.90. The summed E-state index contributed by atoms with van der Waals surface area (Å²) in [5, 5.41) is 15.7. The van der Waals surface area contributed by atoms with Gasteiger partial charge in [0.15, 0.2) is 11.5 Å². The largest absolute Gasteiger partial charge is 0.359 e. The van der Waals surface area contributed by atoms with Gasteiger partial charge in [0.1, 0.15) is 0 Å². The van der Waals surface area contributed by atoms with Gasteiger partial charge in [-0.15, -0.1) is 5.10 Å². The molecule has 8 nitrogen and oxygen atoms in total. The summed E-state index contributed by atoms with van der Waals surface area (Å²) in [5.41, 5.74) is 3.23. The third-order valence-corrected chi connectivity index (χ3v) is 4.05. The first-order valence-electron chi connectivity index (χ1n) is 8.10. The van der Waals surface area contributed by atoms with Crippen molar-refractivity contribution in [1.82, 2.24) is 30.5 Å². The summed E-state index contributed by atoms with van der Waals surface area (Å²) in [7, 11) is 0. The number of aryl methyl sites for hydroxylation is 1. The van der Waals surface area contributed by atoms with Crippen LogP contribution in [0.5, 0.6) is 0 Å². The molecule has 4 aromatic rings. The van der Waals surface area contributed by atoms with Gasteiger partial charge >= 0.3 is 0 Å². The summed E-state index contributed by atoms with van der Waals surface area (Å²) in [5.74, 6) is 0.259. The van der Waals surface area contributed by atoms with E-state index in [4.69, 9.17) is 4.52 Å². The average molecular weight is 348 g/mol. The molecule has 0 aliphatic heterocycles. The SMILES string of the molecule is Cc1cc(CNC(=O)c2nnn(-c3cccc4cccnc34)c2C)on1. The maximum atomic E-state index is 12.4. The van der Waals surface area contributed by atoms with Gasteiger partial charge in [-0.1, -0.05) is 28.6 Å². The fourth-order valence-electron chi connectivity index (χ4n) is 2.78. The van der Waals surface area contributed by atoms with Crippen LogP contribution in [0.4, 0.5) is 0 Å². The van der Waals surface area contributed by atoms with Gasteiger partial charge in [0, 0.05) is 17.6 Å². The van der Waals surface area contributed by atoms with E-state index < -0.39 is 0 Å². The molecule has 3 aromatic heterocycles. The first-order valence-corrected chi connectivity index (χ1v) is 8.10. The van der Waals surface area contributed by atoms with Crippen molar-refractivity contribution in [3.8, 4) is 5.69 Å². The van der Waals surface area contributed by atoms with E-state index in [1.165, 1.54) is 0 Å². The molecule has 0 bridgehead atoms. The minimum atomic E-state index is -0.323. The van der Waals surface area contributed by atoms with Crippen LogP contribution in [0.25, 0.3) is 16.6 Å². The molecule has 0 saturated carbocycles. The van der Waals surface area contributed by atoms with Crippen LogP contribution >= 0.6 is 0 Å². The van der Waals surface area contributed by atoms with E-state index in [1.807, 2.05) is 37.3 Å². The lowest BCUT2D eigenvalue weighted by molar-refractivity contribution is 0.0941. The molecular formula is C18H16N6O2. The van der Waals surface area contributed by atoms with E-state index in [0.717, 1.165) is 22.3 Å². The molecule has 1 N–H and O–H groups in total. The highest BCUT2D eigenvalue weighted by molar-refractivity contribution is 5.93. The molecule has 3 heterocycles. The zero-order valence-corrected chi connectivity index (χ0v) is 14.3. The second kappa shape index (κ2) is 6.40. The Morgan fingerprint density at radius 1 is 1.23 bits per heavy atom. The van der Waals surface area contributed by atoms with Crippen molar-refractivity contribution < 1.29 is 9.32 Å². The van der Waals surface area contributed by atoms with Gasteiger partial charge in [0.2, 0.25) is 0 Å². The maximum absolute atomic E-state index is 12.4. The Hall–Kier alpha value is -3.55. The van der Waals surface area contributed by atoms with Crippen molar-refractivity contribution >= 4 is 16.8 Å². The number of carbonyl (C=O) groups is 1. The molecule has 1 amide bonds. The van der Waals surface area contributed by atoms with Crippen LogP contribution < -0.4 is 5.32 Å². The Morgan fingerprint density at radius 2 is 2.08 bits per heavy atom. The normalized spacial score (nSPS) is 11.0. The van der Waals surface area contributed by atoms with Crippen LogP contribution in [0.15, 0.2) is 47.1 Å². The molecule has 0 saturated heterocycles. The Kier molecular flexibility index (Phi) is 3.92. The van der Waals surface area contributed by atoms with E-state index in [9.17, 15) is 4.79 Å². The first kappa shape index (κ1) is 15.9. The van der Waals surface area contributed by atoms with Crippen LogP contribution in [0.2, 0.25) is 0 Å². The Labute approximate surface area is 148 Å². The summed E-state index contributed by atoms with van der Waals surface area (Å²) in [6.45, 7) is 3.86. The predicted octanol–water partition coefficient (Wildman–Crippen LogP) is 2.35. The Bertz CT molecular complexity index is 1090. The van der Waals surface area contributed by atoms with E-state index in [2.05, 4.69) is 25.8 Å². The zero-order valence-electron chi connectivity index (χ0n) is 14.3. The van der Waals surface area contributed by atoms with Gasteiger partial charge < -0.3 is 9.84 Å². The van der Waals surface area contributed by atoms with Crippen molar-refractivity contribution in [3.63, 3.8) is 0 Å². The van der Waals surface area contributed by atoms with Crippen molar-refractivity contribution in [1.29, 1.82) is 0 Å². The van der Waals surface area contributed by atoms with Crippen LogP contribution in [-0.4, -0.2) is 31.0 Å². The maximum Gasteiger partial charge on any atom is 0.274 e. The van der Waals surface area contributed by atoms with Crippen molar-refractivity contribution in [2.75, 3.05) is 0 Å². The fourth-order valence-corrected chi connectivity index (χ4v) is 2.78. The molecule has 0 aliphatic rings. The summed E-state index contributed by atoms with van der Waals surface area (Å²) in [6.07, 6.45) is 1.73. The molecule has 8 heteroatoms. The first-order chi connectivity index (χ1) is 12.6. The highest BCUT2D eigenvalue weighted by Crippen LogP contribution is 2.21. The Morgan fingerprint density at radius 3 is 2.88 bits per heavy atom. The molecule has 0 unspecified atom stereocenters. The molecule has 0 atom stereocenters. The number of carbonyl (C=O) groups excluding carboxylic acids is 1. The van der Waals surface area contributed by atoms with Crippen LogP contribution in [-0.2, 0) is 6.54 Å². The minimum absolute atomic E-state index is 0.238. The number of para-hydroxylation sites is 1. The second-order valence-electron chi connectivity index (χ2n) is 5.90. The van der Waals surface area contributed by atoms with Gasteiger partial charge in [-0.3, -0.25) is 9.78 Å². The number of nitrogens with zero attached hydrogens (tertiary/aromatic N) is 5. The number of hydrogen-bond acceptors (Lipinski definition) is 6. The molecule has 0 fully saturated rings. The lowest BCUT2D eigenvalue weighted by Crippen LogP contribution is -2.24. The van der Waals surface area contributed by atoms with Crippen molar-refractivity contribution in [3.05, 3.63) is 65.4 Å². The molecule has 1 aromatic carbocycles. The standard InChI is InChI=1S/C18H16N6O2/c1-11-9-14(26-22-11)10-20-18(25)16-12(2)24(23-21-16)15-7-3-5-13-6-4-8-19-17(13)15/h3-9H,10H2,1-2H3,(H,20,25). The van der Waals surface area contributed by atoms with Crippen LogP contribution in [0, 0.1) is 13.8 Å². The number of aromatic nitrogens is 5. The summed E-state index contributed by atoms with van der Waals surface area (Å²) < 4.78 is 6.72. The molecule has 130 valence electrons. The molecule has 0 aliphatic carbocycles. The minimum Gasteiger partial charge on any atom is -0.359 e. The van der Waals surface area contributed by atoms with Crippen molar-refractivity contribution in [2.24, 2.45) is 0 Å². The highest BCUT2D eigenvalue weighted by atomic mass is 16.5. The smallest absolute Gasteiger partial charge is 0.274 e. The zero-order chi connectivity index (χ0) is 18.1. The number of nitrogens with one attached hydrogen (secondary N) is 1. The topological polar surface area (TPSA) is 98.7 Å². The third-order valence-electron chi connectivity index (χ3n) is 4.05.